The van der Waals surface area contributed by atoms with Crippen LogP contribution in [0.1, 0.15) is 33.1 Å². The van der Waals surface area contributed by atoms with E-state index in [9.17, 15) is 4.79 Å². The second-order valence-corrected chi connectivity index (χ2v) is 12.1. The molecule has 0 aliphatic rings. The van der Waals surface area contributed by atoms with Crippen LogP contribution in [0.25, 0.3) is 33.0 Å². The summed E-state index contributed by atoms with van der Waals surface area (Å²) in [7, 11) is 0. The number of benzene rings is 3. The standard InChI is InChI=1S/C36H33FN4O2S/c1-22-33(31-20-29(25(4)44-31)32-23(2)39-40-24(32)3)36(42)41(19-18-26-12-7-5-8-13-26)35(38-22)28-16-11-17-30(37)34(28)43-21-27-14-9-6-10-15-27/h5-17,20H,18-19,21H2,1-4H3,(H,39,40). The smallest absolute Gasteiger partial charge is 0.262 e. The predicted octanol–water partition coefficient (Wildman–Crippen LogP) is 8.22. The number of halogens is 1. The summed E-state index contributed by atoms with van der Waals surface area (Å²) in [4.78, 5) is 21.4. The summed E-state index contributed by atoms with van der Waals surface area (Å²) in [6, 6.07) is 26.4. The maximum absolute atomic E-state index is 15.4. The monoisotopic (exact) mass is 604 g/mol. The number of aryl methyl sites for hydroxylation is 5. The maximum Gasteiger partial charge on any atom is 0.262 e. The normalized spacial score (nSPS) is 11.2. The Balaban J connectivity index is 1.49. The Bertz CT molecular complexity index is 1980. The molecular formula is C36H33FN4O2S. The minimum Gasteiger partial charge on any atom is -0.485 e. The van der Waals surface area contributed by atoms with Crippen molar-refractivity contribution in [3.05, 3.63) is 134 Å². The molecular weight excluding hydrogens is 571 g/mol. The minimum absolute atomic E-state index is 0.0732. The Morgan fingerprint density at radius 3 is 2.23 bits per heavy atom. The molecule has 0 aliphatic carbocycles. The molecule has 1 N–H and O–H groups in total. The highest BCUT2D eigenvalue weighted by atomic mass is 32.1. The average Bonchev–Trinajstić information content (AvgIpc) is 3.56. The highest BCUT2D eigenvalue weighted by Crippen LogP contribution is 2.39. The Kier molecular flexibility index (Phi) is 8.26. The lowest BCUT2D eigenvalue weighted by atomic mass is 10.0. The van der Waals surface area contributed by atoms with Gasteiger partial charge in [-0.1, -0.05) is 66.7 Å². The molecule has 222 valence electrons. The Hall–Kier alpha value is -4.82. The molecule has 0 radical (unpaired) electrons. The topological polar surface area (TPSA) is 72.8 Å². The van der Waals surface area contributed by atoms with E-state index in [1.54, 1.807) is 28.0 Å². The number of aromatic nitrogens is 4. The summed E-state index contributed by atoms with van der Waals surface area (Å²) in [5.74, 6) is -0.0535. The number of hydrogen-bond acceptors (Lipinski definition) is 5. The molecule has 0 aliphatic heterocycles. The molecule has 8 heteroatoms. The molecule has 0 bridgehead atoms. The third kappa shape index (κ3) is 5.73. The van der Waals surface area contributed by atoms with Gasteiger partial charge in [0.1, 0.15) is 12.4 Å². The van der Waals surface area contributed by atoms with Crippen LogP contribution in [0.5, 0.6) is 5.75 Å². The van der Waals surface area contributed by atoms with Crippen molar-refractivity contribution in [2.24, 2.45) is 0 Å². The van der Waals surface area contributed by atoms with Crippen molar-refractivity contribution >= 4 is 11.3 Å². The molecule has 6 rings (SSSR count). The predicted molar refractivity (Wildman–Crippen MR) is 175 cm³/mol. The lowest BCUT2D eigenvalue weighted by molar-refractivity contribution is 0.291. The summed E-state index contributed by atoms with van der Waals surface area (Å²) >= 11 is 1.57. The van der Waals surface area contributed by atoms with Crippen molar-refractivity contribution in [1.29, 1.82) is 0 Å². The number of aromatic amines is 1. The fourth-order valence-electron chi connectivity index (χ4n) is 5.61. The zero-order chi connectivity index (χ0) is 30.8. The largest absolute Gasteiger partial charge is 0.485 e. The number of thiophene rings is 1. The van der Waals surface area contributed by atoms with E-state index in [4.69, 9.17) is 9.72 Å². The highest BCUT2D eigenvalue weighted by Gasteiger charge is 2.24. The van der Waals surface area contributed by atoms with Gasteiger partial charge in [-0.05, 0) is 69.0 Å². The molecule has 0 saturated heterocycles. The van der Waals surface area contributed by atoms with E-state index in [1.165, 1.54) is 6.07 Å². The fraction of sp³-hybridized carbons (Fsp3) is 0.194. The molecule has 0 atom stereocenters. The van der Waals surface area contributed by atoms with Crippen molar-refractivity contribution in [3.8, 4) is 38.7 Å². The Morgan fingerprint density at radius 1 is 0.841 bits per heavy atom. The van der Waals surface area contributed by atoms with Crippen LogP contribution in [0.3, 0.4) is 0 Å². The number of para-hydroxylation sites is 1. The van der Waals surface area contributed by atoms with Crippen LogP contribution in [-0.2, 0) is 19.6 Å². The van der Waals surface area contributed by atoms with E-state index in [0.29, 0.717) is 35.6 Å². The first-order chi connectivity index (χ1) is 21.3. The van der Waals surface area contributed by atoms with Crippen molar-refractivity contribution in [2.45, 2.75) is 47.3 Å². The van der Waals surface area contributed by atoms with E-state index in [-0.39, 0.29) is 17.9 Å². The molecule has 6 aromatic rings. The van der Waals surface area contributed by atoms with E-state index in [1.807, 2.05) is 81.4 Å². The van der Waals surface area contributed by atoms with E-state index >= 15 is 4.39 Å². The molecule has 0 saturated carbocycles. The number of hydrogen-bond donors (Lipinski definition) is 1. The minimum atomic E-state index is -0.506. The quantitative estimate of drug-likeness (QED) is 0.180. The third-order valence-corrected chi connectivity index (χ3v) is 8.88. The molecule has 0 spiro atoms. The molecule has 3 aromatic carbocycles. The maximum atomic E-state index is 15.4. The average molecular weight is 605 g/mol. The van der Waals surface area contributed by atoms with Gasteiger partial charge in [-0.25, -0.2) is 9.37 Å². The molecule has 3 aromatic heterocycles. The van der Waals surface area contributed by atoms with E-state index in [2.05, 4.69) is 23.2 Å². The van der Waals surface area contributed by atoms with Crippen LogP contribution in [0.15, 0.2) is 89.7 Å². The van der Waals surface area contributed by atoms with Crippen LogP contribution in [-0.4, -0.2) is 19.7 Å². The number of H-pyrrole nitrogens is 1. The van der Waals surface area contributed by atoms with Crippen LogP contribution < -0.4 is 10.3 Å². The van der Waals surface area contributed by atoms with Crippen LogP contribution in [0, 0.1) is 33.5 Å². The third-order valence-electron chi connectivity index (χ3n) is 7.81. The van der Waals surface area contributed by atoms with E-state index < -0.39 is 5.82 Å². The zero-order valence-electron chi connectivity index (χ0n) is 25.1. The summed E-state index contributed by atoms with van der Waals surface area (Å²) in [6.07, 6.45) is 0.607. The lowest BCUT2D eigenvalue weighted by Gasteiger charge is -2.18. The Morgan fingerprint density at radius 2 is 1.55 bits per heavy atom. The molecule has 0 unspecified atom stereocenters. The lowest BCUT2D eigenvalue weighted by Crippen LogP contribution is -2.27. The number of nitrogens with zero attached hydrogens (tertiary/aromatic N) is 3. The number of nitrogens with one attached hydrogen (secondary N) is 1. The zero-order valence-corrected chi connectivity index (χ0v) is 26.0. The van der Waals surface area contributed by atoms with Crippen molar-refractivity contribution < 1.29 is 9.13 Å². The Labute approximate surface area is 259 Å². The van der Waals surface area contributed by atoms with Crippen LogP contribution in [0.2, 0.25) is 0 Å². The van der Waals surface area contributed by atoms with Gasteiger partial charge in [0.15, 0.2) is 11.6 Å². The van der Waals surface area contributed by atoms with Crippen molar-refractivity contribution in [3.63, 3.8) is 0 Å². The molecule has 0 fully saturated rings. The van der Waals surface area contributed by atoms with Gasteiger partial charge in [0, 0.05) is 27.6 Å². The van der Waals surface area contributed by atoms with Crippen LogP contribution in [0.4, 0.5) is 4.39 Å². The van der Waals surface area contributed by atoms with Crippen LogP contribution >= 0.6 is 11.3 Å². The van der Waals surface area contributed by atoms with Crippen molar-refractivity contribution in [2.75, 3.05) is 0 Å². The van der Waals surface area contributed by atoms with Gasteiger partial charge in [0.2, 0.25) is 0 Å². The second-order valence-electron chi connectivity index (χ2n) is 10.9. The summed E-state index contributed by atoms with van der Waals surface area (Å²) in [5, 5.41) is 7.44. The van der Waals surface area contributed by atoms with Gasteiger partial charge in [0.05, 0.1) is 22.5 Å². The van der Waals surface area contributed by atoms with Gasteiger partial charge in [-0.2, -0.15) is 5.10 Å². The summed E-state index contributed by atoms with van der Waals surface area (Å²) in [6.45, 7) is 8.43. The van der Waals surface area contributed by atoms with E-state index in [0.717, 1.165) is 43.4 Å². The molecule has 0 amide bonds. The van der Waals surface area contributed by atoms with Gasteiger partial charge >= 0.3 is 0 Å². The summed E-state index contributed by atoms with van der Waals surface area (Å²) in [5.41, 5.74) is 7.39. The molecule has 44 heavy (non-hydrogen) atoms. The first-order valence-corrected chi connectivity index (χ1v) is 15.4. The second kappa shape index (κ2) is 12.4. The fourth-order valence-corrected chi connectivity index (χ4v) is 6.72. The highest BCUT2D eigenvalue weighted by molar-refractivity contribution is 7.16. The van der Waals surface area contributed by atoms with Gasteiger partial charge in [0.25, 0.3) is 5.56 Å². The number of rotatable bonds is 9. The van der Waals surface area contributed by atoms with Gasteiger partial charge < -0.3 is 4.74 Å². The van der Waals surface area contributed by atoms with Gasteiger partial charge in [-0.15, -0.1) is 11.3 Å². The molecule has 6 nitrogen and oxygen atoms in total. The van der Waals surface area contributed by atoms with Gasteiger partial charge in [-0.3, -0.25) is 14.5 Å². The SMILES string of the molecule is Cc1n[nH]c(C)c1-c1cc(-c2c(C)nc(-c3cccc(F)c3OCc3ccccc3)n(CCc3ccccc3)c2=O)sc1C. The first kappa shape index (κ1) is 29.3. The number of ether oxygens (including phenoxy) is 1. The van der Waals surface area contributed by atoms with Crippen molar-refractivity contribution in [1.82, 2.24) is 19.7 Å². The summed E-state index contributed by atoms with van der Waals surface area (Å²) < 4.78 is 23.1. The first-order valence-electron chi connectivity index (χ1n) is 14.6. The molecule has 3 heterocycles.